The molecule has 3 unspecified atom stereocenters. The number of methoxy groups -OCH3 is 1. The maximum Gasteiger partial charge on any atom is 0.309 e. The molecule has 0 aliphatic carbocycles. The minimum atomic E-state index is -0.871. The highest BCUT2D eigenvalue weighted by Gasteiger charge is 2.57. The number of carboxylic acid groups (broad SMARTS) is 1. The van der Waals surface area contributed by atoms with E-state index >= 15 is 0 Å². The first-order valence-electron chi connectivity index (χ1n) is 12.0. The SMILES string of the molecule is CCCCC(=O)CN1CC(c2ccc3c(c2)OCO3)C(C(=O)O)C1(CC)c1ccc(OC)cc1. The van der Waals surface area contributed by atoms with E-state index in [9.17, 15) is 14.7 Å². The van der Waals surface area contributed by atoms with Crippen molar-refractivity contribution in [2.45, 2.75) is 51.0 Å². The molecule has 7 nitrogen and oxygen atoms in total. The molecule has 0 saturated carbocycles. The van der Waals surface area contributed by atoms with Crippen molar-refractivity contribution < 1.29 is 28.9 Å². The van der Waals surface area contributed by atoms with E-state index in [4.69, 9.17) is 14.2 Å². The molecule has 0 spiro atoms. The van der Waals surface area contributed by atoms with Crippen molar-refractivity contribution in [3.8, 4) is 17.2 Å². The molecule has 0 bridgehead atoms. The summed E-state index contributed by atoms with van der Waals surface area (Å²) in [6.45, 7) is 4.92. The highest BCUT2D eigenvalue weighted by Crippen LogP contribution is 2.53. The second-order valence-corrected chi connectivity index (χ2v) is 9.06. The average Bonchev–Trinajstić information content (AvgIpc) is 3.45. The number of aliphatic carboxylic acids is 1. The number of hydrogen-bond donors (Lipinski definition) is 1. The Balaban J connectivity index is 1.80. The number of carbonyl (C=O) groups is 2. The Morgan fingerprint density at radius 1 is 1.12 bits per heavy atom. The van der Waals surface area contributed by atoms with Gasteiger partial charge in [0.2, 0.25) is 6.79 Å². The Morgan fingerprint density at radius 2 is 1.85 bits per heavy atom. The minimum Gasteiger partial charge on any atom is -0.497 e. The zero-order chi connectivity index (χ0) is 24.3. The molecule has 2 aromatic rings. The molecule has 1 fully saturated rings. The van der Waals surface area contributed by atoms with Gasteiger partial charge in [0.05, 0.1) is 25.1 Å². The van der Waals surface area contributed by atoms with Gasteiger partial charge in [0.1, 0.15) is 11.5 Å². The van der Waals surface area contributed by atoms with Crippen LogP contribution in [-0.4, -0.2) is 48.8 Å². The number of fused-ring (bicyclic) bond motifs is 1. The molecule has 1 saturated heterocycles. The Bertz CT molecular complexity index is 1040. The fraction of sp³-hybridized carbons (Fsp3) is 0.481. The predicted molar refractivity (Wildman–Crippen MR) is 127 cm³/mol. The van der Waals surface area contributed by atoms with Crippen LogP contribution in [0.2, 0.25) is 0 Å². The molecule has 2 heterocycles. The molecule has 2 aliphatic heterocycles. The van der Waals surface area contributed by atoms with Gasteiger partial charge in [0.25, 0.3) is 0 Å². The number of carbonyl (C=O) groups excluding carboxylic acids is 1. The summed E-state index contributed by atoms with van der Waals surface area (Å²) in [5.74, 6) is 0.214. The van der Waals surface area contributed by atoms with Crippen molar-refractivity contribution >= 4 is 11.8 Å². The standard InChI is InChI=1S/C27H33NO6/c1-4-6-7-20(29)15-28-16-22(18-8-13-23-24(14-18)34-17-33-23)25(26(30)31)27(28,5-2)19-9-11-21(32-3)12-10-19/h8-14,22,25H,4-7,15-17H2,1-3H3,(H,30,31). The molecular formula is C27H33NO6. The fourth-order valence-electron chi connectivity index (χ4n) is 5.61. The highest BCUT2D eigenvalue weighted by molar-refractivity contribution is 5.81. The fourth-order valence-corrected chi connectivity index (χ4v) is 5.61. The van der Waals surface area contributed by atoms with Crippen molar-refractivity contribution in [3.63, 3.8) is 0 Å². The largest absolute Gasteiger partial charge is 0.497 e. The van der Waals surface area contributed by atoms with Gasteiger partial charge in [-0.25, -0.2) is 0 Å². The highest BCUT2D eigenvalue weighted by atomic mass is 16.7. The van der Waals surface area contributed by atoms with E-state index in [1.54, 1.807) is 7.11 Å². The van der Waals surface area contributed by atoms with Crippen molar-refractivity contribution in [2.75, 3.05) is 27.0 Å². The van der Waals surface area contributed by atoms with Gasteiger partial charge in [-0.2, -0.15) is 0 Å². The monoisotopic (exact) mass is 467 g/mol. The lowest BCUT2D eigenvalue weighted by molar-refractivity contribution is -0.146. The van der Waals surface area contributed by atoms with E-state index in [1.807, 2.05) is 49.4 Å². The number of ketones is 1. The summed E-state index contributed by atoms with van der Waals surface area (Å²) >= 11 is 0. The van der Waals surface area contributed by atoms with Crippen LogP contribution in [0.1, 0.15) is 56.6 Å². The number of hydrogen-bond acceptors (Lipinski definition) is 6. The molecule has 0 radical (unpaired) electrons. The first-order valence-corrected chi connectivity index (χ1v) is 12.0. The van der Waals surface area contributed by atoms with Crippen LogP contribution in [0.25, 0.3) is 0 Å². The van der Waals surface area contributed by atoms with E-state index in [1.165, 1.54) is 0 Å². The number of ether oxygens (including phenoxy) is 3. The normalized spacial score (nSPS) is 23.7. The first kappa shape index (κ1) is 24.1. The number of unbranched alkanes of at least 4 members (excludes halogenated alkanes) is 1. The number of carboxylic acids is 1. The summed E-state index contributed by atoms with van der Waals surface area (Å²) in [5, 5.41) is 10.6. The van der Waals surface area contributed by atoms with Crippen molar-refractivity contribution in [1.29, 1.82) is 0 Å². The van der Waals surface area contributed by atoms with Crippen LogP contribution in [0.15, 0.2) is 42.5 Å². The summed E-state index contributed by atoms with van der Waals surface area (Å²) in [7, 11) is 1.61. The molecule has 1 N–H and O–H groups in total. The van der Waals surface area contributed by atoms with Gasteiger partial charge >= 0.3 is 5.97 Å². The molecule has 2 aliphatic rings. The quantitative estimate of drug-likeness (QED) is 0.547. The second-order valence-electron chi connectivity index (χ2n) is 9.06. The van der Waals surface area contributed by atoms with Gasteiger partial charge in [-0.1, -0.05) is 38.5 Å². The zero-order valence-electron chi connectivity index (χ0n) is 20.1. The van der Waals surface area contributed by atoms with Crippen molar-refractivity contribution in [2.24, 2.45) is 5.92 Å². The van der Waals surface area contributed by atoms with Crippen molar-refractivity contribution in [3.05, 3.63) is 53.6 Å². The number of Topliss-reactive ketones (excluding diaryl/α,β-unsaturated/α-hetero) is 1. The second kappa shape index (κ2) is 10.1. The lowest BCUT2D eigenvalue weighted by Gasteiger charge is -2.41. The van der Waals surface area contributed by atoms with Crippen LogP contribution in [0.4, 0.5) is 0 Å². The van der Waals surface area contributed by atoms with Crippen molar-refractivity contribution in [1.82, 2.24) is 4.90 Å². The summed E-state index contributed by atoms with van der Waals surface area (Å²) in [4.78, 5) is 27.9. The van der Waals surface area contributed by atoms with Gasteiger partial charge in [-0.05, 0) is 48.2 Å². The Hall–Kier alpha value is -3.06. The average molecular weight is 468 g/mol. The van der Waals surface area contributed by atoms with Crippen LogP contribution in [0, 0.1) is 5.92 Å². The molecule has 182 valence electrons. The van der Waals surface area contributed by atoms with Gasteiger partial charge in [-0.3, -0.25) is 14.5 Å². The maximum absolute atomic E-state index is 12.9. The summed E-state index contributed by atoms with van der Waals surface area (Å²) in [5.41, 5.74) is 0.933. The molecule has 4 rings (SSSR count). The number of nitrogens with zero attached hydrogens (tertiary/aromatic N) is 1. The van der Waals surface area contributed by atoms with E-state index in [0.717, 1.165) is 24.0 Å². The van der Waals surface area contributed by atoms with Crippen LogP contribution in [0.3, 0.4) is 0 Å². The van der Waals surface area contributed by atoms with E-state index in [-0.39, 0.29) is 25.0 Å². The Morgan fingerprint density at radius 3 is 2.50 bits per heavy atom. The molecule has 7 heteroatoms. The van der Waals surface area contributed by atoms with E-state index in [0.29, 0.717) is 36.6 Å². The summed E-state index contributed by atoms with van der Waals surface area (Å²) in [6.07, 6.45) is 2.84. The number of rotatable bonds is 10. The molecule has 34 heavy (non-hydrogen) atoms. The molecule has 2 aromatic carbocycles. The summed E-state index contributed by atoms with van der Waals surface area (Å²) < 4.78 is 16.3. The van der Waals surface area contributed by atoms with Crippen LogP contribution < -0.4 is 14.2 Å². The minimum absolute atomic E-state index is 0.142. The maximum atomic E-state index is 12.9. The van der Waals surface area contributed by atoms with Gasteiger partial charge in [0, 0.05) is 18.9 Å². The zero-order valence-corrected chi connectivity index (χ0v) is 20.1. The molecular weight excluding hydrogens is 434 g/mol. The molecule has 0 amide bonds. The number of benzene rings is 2. The third-order valence-corrected chi connectivity index (χ3v) is 7.29. The predicted octanol–water partition coefficient (Wildman–Crippen LogP) is 4.59. The summed E-state index contributed by atoms with van der Waals surface area (Å²) in [6, 6.07) is 13.2. The van der Waals surface area contributed by atoms with Gasteiger partial charge in [0.15, 0.2) is 11.5 Å². The van der Waals surface area contributed by atoms with E-state index < -0.39 is 17.4 Å². The Kier molecular flexibility index (Phi) is 7.12. The third kappa shape index (κ3) is 4.25. The van der Waals surface area contributed by atoms with Crippen LogP contribution in [-0.2, 0) is 15.1 Å². The van der Waals surface area contributed by atoms with Crippen LogP contribution in [0.5, 0.6) is 17.2 Å². The number of likely N-dealkylation sites (tertiary alicyclic amines) is 1. The van der Waals surface area contributed by atoms with E-state index in [2.05, 4.69) is 11.8 Å². The van der Waals surface area contributed by atoms with Gasteiger partial charge < -0.3 is 19.3 Å². The van der Waals surface area contributed by atoms with Crippen LogP contribution >= 0.6 is 0 Å². The Labute approximate surface area is 200 Å². The lowest BCUT2D eigenvalue weighted by Crippen LogP contribution is -2.49. The van der Waals surface area contributed by atoms with Gasteiger partial charge in [-0.15, -0.1) is 0 Å². The third-order valence-electron chi connectivity index (χ3n) is 7.29. The smallest absolute Gasteiger partial charge is 0.309 e. The lowest BCUT2D eigenvalue weighted by atomic mass is 9.71. The topological polar surface area (TPSA) is 85.3 Å². The molecule has 3 atom stereocenters. The molecule has 0 aromatic heterocycles. The first-order chi connectivity index (χ1) is 16.4.